The normalized spacial score (nSPS) is 21.5. The molecule has 7 heteroatoms. The van der Waals surface area contributed by atoms with Crippen LogP contribution in [0, 0.1) is 6.92 Å². The van der Waals surface area contributed by atoms with Gasteiger partial charge in [0.2, 0.25) is 11.9 Å². The van der Waals surface area contributed by atoms with Gasteiger partial charge in [-0.05, 0) is 30.7 Å². The molecule has 2 fully saturated rings. The number of anilines is 2. The Bertz CT molecular complexity index is 818. The number of piperazine rings is 1. The molecule has 4 rings (SSSR count). The number of nitrogens with zero attached hydrogens (tertiary/aromatic N) is 5. The average molecular weight is 351 g/mol. The first-order chi connectivity index (χ1) is 12.6. The Morgan fingerprint density at radius 2 is 1.73 bits per heavy atom. The van der Waals surface area contributed by atoms with Crippen LogP contribution >= 0.6 is 0 Å². The van der Waals surface area contributed by atoms with Crippen molar-refractivity contribution in [2.24, 2.45) is 0 Å². The maximum absolute atomic E-state index is 12.9. The van der Waals surface area contributed by atoms with Gasteiger partial charge in [-0.2, -0.15) is 0 Å². The van der Waals surface area contributed by atoms with Crippen molar-refractivity contribution in [2.45, 2.75) is 19.4 Å². The Morgan fingerprint density at radius 1 is 1.00 bits per heavy atom. The molecule has 1 atom stereocenters. The van der Waals surface area contributed by atoms with E-state index in [0.29, 0.717) is 24.7 Å². The van der Waals surface area contributed by atoms with Crippen molar-refractivity contribution in [1.82, 2.24) is 14.9 Å². The van der Waals surface area contributed by atoms with Gasteiger partial charge in [0.1, 0.15) is 0 Å². The van der Waals surface area contributed by atoms with E-state index in [2.05, 4.69) is 19.8 Å². The van der Waals surface area contributed by atoms with E-state index in [4.69, 9.17) is 0 Å². The van der Waals surface area contributed by atoms with Gasteiger partial charge in [0.05, 0.1) is 18.2 Å². The Kier molecular flexibility index (Phi) is 4.38. The quantitative estimate of drug-likeness (QED) is 0.775. The number of benzene rings is 1. The maximum Gasteiger partial charge on any atom is 0.251 e. The molecule has 2 saturated heterocycles. The molecule has 26 heavy (non-hydrogen) atoms. The molecule has 2 aromatic rings. The molecule has 0 aliphatic carbocycles. The second-order valence-corrected chi connectivity index (χ2v) is 6.70. The van der Waals surface area contributed by atoms with Gasteiger partial charge in [0, 0.05) is 38.6 Å². The Hall–Kier alpha value is -2.80. The van der Waals surface area contributed by atoms with E-state index in [0.717, 1.165) is 18.7 Å². The molecule has 1 aromatic carbocycles. The zero-order valence-electron chi connectivity index (χ0n) is 14.7. The van der Waals surface area contributed by atoms with Gasteiger partial charge in [-0.15, -0.1) is 0 Å². The first-order valence-electron chi connectivity index (χ1n) is 8.83. The van der Waals surface area contributed by atoms with Crippen LogP contribution < -0.4 is 9.80 Å². The number of aryl methyl sites for hydroxylation is 1. The van der Waals surface area contributed by atoms with Gasteiger partial charge >= 0.3 is 0 Å². The monoisotopic (exact) mass is 351 g/mol. The highest BCUT2D eigenvalue weighted by molar-refractivity contribution is 6.22. The average Bonchev–Trinajstić information content (AvgIpc) is 2.97. The van der Waals surface area contributed by atoms with Crippen LogP contribution in [0.3, 0.4) is 0 Å². The highest BCUT2D eigenvalue weighted by atomic mass is 16.2. The summed E-state index contributed by atoms with van der Waals surface area (Å²) < 4.78 is 0. The highest BCUT2D eigenvalue weighted by Crippen LogP contribution is 2.27. The molecule has 1 aromatic heterocycles. The van der Waals surface area contributed by atoms with Crippen molar-refractivity contribution in [3.8, 4) is 0 Å². The fraction of sp³-hybridized carbons (Fsp3) is 0.368. The van der Waals surface area contributed by atoms with Crippen LogP contribution in [0.2, 0.25) is 0 Å². The van der Waals surface area contributed by atoms with Crippen molar-refractivity contribution in [2.75, 3.05) is 36.0 Å². The topological polar surface area (TPSA) is 69.6 Å². The van der Waals surface area contributed by atoms with Gasteiger partial charge in [0.15, 0.2) is 0 Å². The molecular formula is C19H21N5O2. The van der Waals surface area contributed by atoms with E-state index in [9.17, 15) is 9.59 Å². The Balaban J connectivity index is 1.45. The fourth-order valence-corrected chi connectivity index (χ4v) is 3.63. The van der Waals surface area contributed by atoms with E-state index in [-0.39, 0.29) is 24.3 Å². The van der Waals surface area contributed by atoms with Crippen LogP contribution in [-0.2, 0) is 9.59 Å². The Morgan fingerprint density at radius 3 is 2.42 bits per heavy atom. The van der Waals surface area contributed by atoms with Crippen molar-refractivity contribution < 1.29 is 9.59 Å². The molecule has 0 spiro atoms. The van der Waals surface area contributed by atoms with E-state index in [1.54, 1.807) is 18.5 Å². The second kappa shape index (κ2) is 6.84. The van der Waals surface area contributed by atoms with Gasteiger partial charge < -0.3 is 4.90 Å². The largest absolute Gasteiger partial charge is 0.338 e. The summed E-state index contributed by atoms with van der Waals surface area (Å²) in [7, 11) is 0. The number of hydrogen-bond acceptors (Lipinski definition) is 6. The molecule has 134 valence electrons. The smallest absolute Gasteiger partial charge is 0.251 e. The summed E-state index contributed by atoms with van der Waals surface area (Å²) in [6, 6.07) is 8.94. The first kappa shape index (κ1) is 16.7. The van der Waals surface area contributed by atoms with Crippen molar-refractivity contribution >= 4 is 23.5 Å². The van der Waals surface area contributed by atoms with Gasteiger partial charge in [0.25, 0.3) is 5.91 Å². The molecule has 1 unspecified atom stereocenters. The van der Waals surface area contributed by atoms with Gasteiger partial charge in [-0.1, -0.05) is 12.1 Å². The van der Waals surface area contributed by atoms with Crippen LogP contribution in [-0.4, -0.2) is 58.9 Å². The lowest BCUT2D eigenvalue weighted by atomic mass is 10.1. The molecule has 3 heterocycles. The predicted octanol–water partition coefficient (Wildman–Crippen LogP) is 1.24. The molecule has 7 nitrogen and oxygen atoms in total. The summed E-state index contributed by atoms with van der Waals surface area (Å²) >= 11 is 0. The Labute approximate surface area is 152 Å². The standard InChI is InChI=1S/C19H21N5O2/c1-14-4-2-5-15(12-14)24-17(25)13-16(18(24)26)22-8-10-23(11-9-22)19-20-6-3-7-21-19/h2-7,12,16H,8-11,13H2,1H3. The number of rotatable bonds is 3. The number of aromatic nitrogens is 2. The number of carbonyl (C=O) groups is 2. The minimum atomic E-state index is -0.373. The second-order valence-electron chi connectivity index (χ2n) is 6.70. The zero-order chi connectivity index (χ0) is 18.1. The SMILES string of the molecule is Cc1cccc(N2C(=O)CC(N3CCN(c4ncccn4)CC3)C2=O)c1. The zero-order valence-corrected chi connectivity index (χ0v) is 14.7. The molecule has 2 aliphatic heterocycles. The third-order valence-corrected chi connectivity index (χ3v) is 4.97. The lowest BCUT2D eigenvalue weighted by Gasteiger charge is -2.36. The van der Waals surface area contributed by atoms with Crippen LogP contribution in [0.4, 0.5) is 11.6 Å². The minimum absolute atomic E-state index is 0.120. The molecule has 0 saturated carbocycles. The minimum Gasteiger partial charge on any atom is -0.338 e. The molecule has 0 N–H and O–H groups in total. The maximum atomic E-state index is 12.9. The lowest BCUT2D eigenvalue weighted by Crippen LogP contribution is -2.53. The molecule has 2 amide bonds. The number of carbonyl (C=O) groups excluding carboxylic acids is 2. The van der Waals surface area contributed by atoms with Crippen molar-refractivity contribution in [1.29, 1.82) is 0 Å². The van der Waals surface area contributed by atoms with E-state index >= 15 is 0 Å². The van der Waals surface area contributed by atoms with E-state index < -0.39 is 0 Å². The lowest BCUT2D eigenvalue weighted by molar-refractivity contribution is -0.123. The van der Waals surface area contributed by atoms with Gasteiger partial charge in [-0.3, -0.25) is 14.5 Å². The summed E-state index contributed by atoms with van der Waals surface area (Å²) in [5.41, 5.74) is 1.70. The van der Waals surface area contributed by atoms with Crippen LogP contribution in [0.25, 0.3) is 0 Å². The highest BCUT2D eigenvalue weighted by Gasteiger charge is 2.43. The number of amides is 2. The molecule has 0 radical (unpaired) electrons. The summed E-state index contributed by atoms with van der Waals surface area (Å²) in [4.78, 5) is 39.5. The summed E-state index contributed by atoms with van der Waals surface area (Å²) in [5, 5.41) is 0. The van der Waals surface area contributed by atoms with Crippen molar-refractivity contribution in [3.05, 3.63) is 48.3 Å². The molecule has 0 bridgehead atoms. The predicted molar refractivity (Wildman–Crippen MR) is 97.9 cm³/mol. The van der Waals surface area contributed by atoms with E-state index in [1.165, 1.54) is 4.90 Å². The first-order valence-corrected chi connectivity index (χ1v) is 8.83. The van der Waals surface area contributed by atoms with E-state index in [1.807, 2.05) is 31.2 Å². The molecular weight excluding hydrogens is 330 g/mol. The number of hydrogen-bond donors (Lipinski definition) is 0. The van der Waals surface area contributed by atoms with Gasteiger partial charge in [-0.25, -0.2) is 14.9 Å². The number of imide groups is 1. The summed E-state index contributed by atoms with van der Waals surface area (Å²) in [5.74, 6) is 0.465. The van der Waals surface area contributed by atoms with Crippen LogP contribution in [0.15, 0.2) is 42.7 Å². The third-order valence-electron chi connectivity index (χ3n) is 4.97. The van der Waals surface area contributed by atoms with Crippen LogP contribution in [0.1, 0.15) is 12.0 Å². The third kappa shape index (κ3) is 3.06. The summed E-state index contributed by atoms with van der Waals surface area (Å²) in [6.45, 7) is 4.86. The molecule has 2 aliphatic rings. The van der Waals surface area contributed by atoms with Crippen LogP contribution in [0.5, 0.6) is 0 Å². The summed E-state index contributed by atoms with van der Waals surface area (Å²) in [6.07, 6.45) is 3.70. The van der Waals surface area contributed by atoms with Crippen molar-refractivity contribution in [3.63, 3.8) is 0 Å². The fourth-order valence-electron chi connectivity index (χ4n) is 3.63.